The summed E-state index contributed by atoms with van der Waals surface area (Å²) in [6, 6.07) is 0. The molecular weight excluding hydrogens is 129 g/mol. The van der Waals surface area contributed by atoms with Crippen LogP contribution in [0.5, 0.6) is 0 Å². The minimum atomic E-state index is -0.728. The first-order valence-electron chi connectivity index (χ1n) is 3.79. The van der Waals surface area contributed by atoms with E-state index in [1.54, 1.807) is 0 Å². The van der Waals surface area contributed by atoms with Crippen molar-refractivity contribution in [2.75, 3.05) is 39.4 Å². The zero-order valence-corrected chi connectivity index (χ0v) is 7.78. The molecule has 1 rings (SSSR count). The van der Waals surface area contributed by atoms with Gasteiger partial charge in [0.1, 0.15) is 0 Å². The molecule has 0 N–H and O–H groups in total. The fourth-order valence-electron chi connectivity index (χ4n) is 1.72. The van der Waals surface area contributed by atoms with Crippen LogP contribution in [-0.2, 0) is 0 Å². The van der Waals surface area contributed by atoms with Gasteiger partial charge in [0.25, 0.3) is 0 Å². The van der Waals surface area contributed by atoms with Crippen LogP contribution in [0.3, 0.4) is 0 Å². The van der Waals surface area contributed by atoms with Crippen LogP contribution >= 0.6 is 7.26 Å². The normalized spacial score (nSPS) is 31.9. The van der Waals surface area contributed by atoms with Crippen LogP contribution in [0.15, 0.2) is 0 Å². The van der Waals surface area contributed by atoms with Gasteiger partial charge in [0.2, 0.25) is 0 Å². The standard InChI is InChI=1S/C7H18NP/c1-8-5-4-6-9(2,3)7-8/h9H,4-7H2,1-3H3. The molecule has 0 aliphatic carbocycles. The summed E-state index contributed by atoms with van der Waals surface area (Å²) in [6.07, 6.45) is 4.39. The molecule has 1 heterocycles. The monoisotopic (exact) mass is 147 g/mol. The van der Waals surface area contributed by atoms with Gasteiger partial charge >= 0.3 is 58.0 Å². The molecule has 0 spiro atoms. The average molecular weight is 147 g/mol. The molecule has 0 bridgehead atoms. The molecule has 1 aliphatic heterocycles. The van der Waals surface area contributed by atoms with Crippen molar-refractivity contribution in [2.45, 2.75) is 6.42 Å². The molecule has 56 valence electrons. The molecule has 0 amide bonds. The van der Waals surface area contributed by atoms with Crippen molar-refractivity contribution in [3.63, 3.8) is 0 Å². The van der Waals surface area contributed by atoms with Gasteiger partial charge in [-0.2, -0.15) is 0 Å². The van der Waals surface area contributed by atoms with Crippen LogP contribution in [-0.4, -0.2) is 44.3 Å². The van der Waals surface area contributed by atoms with Crippen molar-refractivity contribution in [2.24, 2.45) is 0 Å². The van der Waals surface area contributed by atoms with Gasteiger partial charge in [-0.15, -0.1) is 0 Å². The molecule has 0 aromatic carbocycles. The molecule has 1 fully saturated rings. The van der Waals surface area contributed by atoms with E-state index in [9.17, 15) is 0 Å². The molecule has 0 unspecified atom stereocenters. The molecule has 1 nitrogen and oxygen atoms in total. The Bertz CT molecular complexity index is 101. The summed E-state index contributed by atoms with van der Waals surface area (Å²) in [5, 5.41) is 0. The number of hydrogen-bond acceptors (Lipinski definition) is 1. The van der Waals surface area contributed by atoms with Gasteiger partial charge in [0.05, 0.1) is 0 Å². The maximum absolute atomic E-state index is 2.49. The molecule has 9 heavy (non-hydrogen) atoms. The second-order valence-corrected chi connectivity index (χ2v) is 9.15. The van der Waals surface area contributed by atoms with Gasteiger partial charge in [-0.25, -0.2) is 0 Å². The molecule has 1 saturated heterocycles. The summed E-state index contributed by atoms with van der Waals surface area (Å²) < 4.78 is 0. The van der Waals surface area contributed by atoms with Crippen molar-refractivity contribution >= 4 is 7.26 Å². The maximum atomic E-state index is 2.49. The Morgan fingerprint density at radius 1 is 1.33 bits per heavy atom. The van der Waals surface area contributed by atoms with Gasteiger partial charge in [0, 0.05) is 0 Å². The summed E-state index contributed by atoms with van der Waals surface area (Å²) >= 11 is 0. The molecular formula is C7H18NP. The summed E-state index contributed by atoms with van der Waals surface area (Å²) in [4.78, 5) is 2.48. The number of rotatable bonds is 0. The van der Waals surface area contributed by atoms with Gasteiger partial charge in [-0.1, -0.05) is 0 Å². The van der Waals surface area contributed by atoms with E-state index in [1.165, 1.54) is 25.4 Å². The minimum absolute atomic E-state index is 0.728. The molecule has 2 heteroatoms. The Morgan fingerprint density at radius 3 is 2.33 bits per heavy atom. The Balaban J connectivity index is 2.41. The quantitative estimate of drug-likeness (QED) is 0.467. The van der Waals surface area contributed by atoms with E-state index in [0.717, 1.165) is 0 Å². The first-order valence-corrected chi connectivity index (χ1v) is 7.20. The topological polar surface area (TPSA) is 3.24 Å². The first-order chi connectivity index (χ1) is 4.10. The van der Waals surface area contributed by atoms with E-state index < -0.39 is 7.26 Å². The van der Waals surface area contributed by atoms with Gasteiger partial charge < -0.3 is 0 Å². The van der Waals surface area contributed by atoms with Crippen LogP contribution in [0.4, 0.5) is 0 Å². The Morgan fingerprint density at radius 2 is 2.00 bits per heavy atom. The molecule has 0 atom stereocenters. The number of nitrogens with zero attached hydrogens (tertiary/aromatic N) is 1. The van der Waals surface area contributed by atoms with E-state index in [0.29, 0.717) is 0 Å². The van der Waals surface area contributed by atoms with Gasteiger partial charge in [-0.05, 0) is 0 Å². The zero-order chi connectivity index (χ0) is 6.91. The molecule has 0 aromatic heterocycles. The Hall–Kier alpha value is 0.390. The van der Waals surface area contributed by atoms with Crippen molar-refractivity contribution in [3.8, 4) is 0 Å². The predicted molar refractivity (Wildman–Crippen MR) is 47.1 cm³/mol. The summed E-state index contributed by atoms with van der Waals surface area (Å²) in [6.45, 7) is 6.31. The summed E-state index contributed by atoms with van der Waals surface area (Å²) in [5.74, 6) is 0. The van der Waals surface area contributed by atoms with E-state index in [1.807, 2.05) is 0 Å². The molecule has 0 aromatic rings. The number of hydrogen-bond donors (Lipinski definition) is 0. The van der Waals surface area contributed by atoms with Crippen molar-refractivity contribution < 1.29 is 0 Å². The fraction of sp³-hybridized carbons (Fsp3) is 1.00. The van der Waals surface area contributed by atoms with Crippen molar-refractivity contribution in [3.05, 3.63) is 0 Å². The molecule has 0 saturated carbocycles. The van der Waals surface area contributed by atoms with E-state index in [4.69, 9.17) is 0 Å². The third-order valence-electron chi connectivity index (χ3n) is 2.09. The van der Waals surface area contributed by atoms with Crippen molar-refractivity contribution in [1.82, 2.24) is 4.90 Å². The van der Waals surface area contributed by atoms with Crippen LogP contribution < -0.4 is 0 Å². The van der Waals surface area contributed by atoms with Crippen LogP contribution in [0, 0.1) is 0 Å². The van der Waals surface area contributed by atoms with Gasteiger partial charge in [-0.3, -0.25) is 0 Å². The molecule has 1 aliphatic rings. The van der Waals surface area contributed by atoms with Crippen LogP contribution in [0.25, 0.3) is 0 Å². The van der Waals surface area contributed by atoms with Crippen molar-refractivity contribution in [1.29, 1.82) is 0 Å². The third-order valence-corrected chi connectivity index (χ3v) is 5.19. The predicted octanol–water partition coefficient (Wildman–Crippen LogP) is 1.29. The second kappa shape index (κ2) is 2.56. The Kier molecular flexibility index (Phi) is 2.13. The second-order valence-electron chi connectivity index (χ2n) is 4.01. The average Bonchev–Trinajstić information content (AvgIpc) is 1.60. The summed E-state index contributed by atoms with van der Waals surface area (Å²) in [5.41, 5.74) is 0. The van der Waals surface area contributed by atoms with Crippen LogP contribution in [0.2, 0.25) is 0 Å². The third kappa shape index (κ3) is 2.23. The Labute approximate surface area is 58.8 Å². The zero-order valence-electron chi connectivity index (χ0n) is 6.78. The first kappa shape index (κ1) is 7.50. The van der Waals surface area contributed by atoms with Crippen LogP contribution in [0.1, 0.15) is 6.42 Å². The van der Waals surface area contributed by atoms with E-state index in [2.05, 4.69) is 25.3 Å². The van der Waals surface area contributed by atoms with E-state index >= 15 is 0 Å². The SMILES string of the molecule is CN1CCC[PH](C)(C)C1. The summed E-state index contributed by atoms with van der Waals surface area (Å²) in [7, 11) is 1.52. The van der Waals surface area contributed by atoms with Gasteiger partial charge in [0.15, 0.2) is 0 Å². The molecule has 0 radical (unpaired) electrons. The fourth-order valence-corrected chi connectivity index (χ4v) is 4.61. The van der Waals surface area contributed by atoms with E-state index in [-0.39, 0.29) is 0 Å².